The van der Waals surface area contributed by atoms with Gasteiger partial charge in [0, 0.05) is 22.7 Å². The average molecular weight is 473 g/mol. The van der Waals surface area contributed by atoms with E-state index in [1.165, 1.54) is 15.6 Å². The Hall–Kier alpha value is -2.81. The van der Waals surface area contributed by atoms with E-state index >= 15 is 0 Å². The number of hydrogen-bond donors (Lipinski definition) is 1. The average Bonchev–Trinajstić information content (AvgIpc) is 3.23. The summed E-state index contributed by atoms with van der Waals surface area (Å²) in [5.41, 5.74) is -0.308. The molecule has 1 aliphatic heterocycles. The van der Waals surface area contributed by atoms with Gasteiger partial charge in [0.25, 0.3) is 5.91 Å². The lowest BCUT2D eigenvalue weighted by molar-refractivity contribution is -0.127. The summed E-state index contributed by atoms with van der Waals surface area (Å²) in [6, 6.07) is 9.00. The van der Waals surface area contributed by atoms with Crippen LogP contribution in [0, 0.1) is 0 Å². The second kappa shape index (κ2) is 10.4. The molecule has 8 nitrogen and oxygen atoms in total. The second-order valence-corrected chi connectivity index (χ2v) is 9.16. The molecule has 3 rings (SSSR count). The molecule has 0 bridgehead atoms. The highest BCUT2D eigenvalue weighted by atomic mass is 32.2. The summed E-state index contributed by atoms with van der Waals surface area (Å²) in [7, 11) is 0. The van der Waals surface area contributed by atoms with Gasteiger partial charge in [-0.15, -0.1) is 11.8 Å². The number of aromatic nitrogens is 2. The van der Waals surface area contributed by atoms with Crippen molar-refractivity contribution in [3.63, 3.8) is 0 Å². The van der Waals surface area contributed by atoms with Gasteiger partial charge in [-0.25, -0.2) is 4.79 Å². The maximum absolute atomic E-state index is 13.7. The molecule has 9 heteroatoms. The number of thioether (sulfide) groups is 1. The smallest absolute Gasteiger partial charge is 0.358 e. The van der Waals surface area contributed by atoms with Crippen LogP contribution in [0.2, 0.25) is 0 Å². The van der Waals surface area contributed by atoms with Crippen molar-refractivity contribution in [1.29, 1.82) is 0 Å². The van der Waals surface area contributed by atoms with E-state index in [0.717, 1.165) is 24.2 Å². The number of carbonyl (C=O) groups excluding carboxylic acids is 3. The van der Waals surface area contributed by atoms with Crippen molar-refractivity contribution in [2.24, 2.45) is 0 Å². The Bertz CT molecular complexity index is 1040. The first-order valence-corrected chi connectivity index (χ1v) is 12.6. The van der Waals surface area contributed by atoms with Crippen LogP contribution in [0.4, 0.5) is 5.69 Å². The van der Waals surface area contributed by atoms with Crippen LogP contribution in [-0.2, 0) is 16.1 Å². The number of hydrogen-bond acceptors (Lipinski definition) is 6. The maximum atomic E-state index is 13.7. The van der Waals surface area contributed by atoms with E-state index in [4.69, 9.17) is 4.74 Å². The molecule has 0 fully saturated rings. The topological polar surface area (TPSA) is 93.5 Å². The van der Waals surface area contributed by atoms with Crippen molar-refractivity contribution in [1.82, 2.24) is 15.1 Å². The third kappa shape index (κ3) is 4.93. The zero-order valence-electron chi connectivity index (χ0n) is 19.9. The Morgan fingerprint density at radius 2 is 2.03 bits per heavy atom. The maximum Gasteiger partial charge on any atom is 0.358 e. The van der Waals surface area contributed by atoms with E-state index in [1.54, 1.807) is 25.6 Å². The van der Waals surface area contributed by atoms with Gasteiger partial charge in [-0.1, -0.05) is 26.3 Å². The molecule has 1 aromatic heterocycles. The summed E-state index contributed by atoms with van der Waals surface area (Å²) in [6.07, 6.45) is 4.56. The van der Waals surface area contributed by atoms with Crippen molar-refractivity contribution in [3.05, 3.63) is 41.7 Å². The molecule has 1 aliphatic rings. The first-order valence-electron chi connectivity index (χ1n) is 11.3. The van der Waals surface area contributed by atoms with Gasteiger partial charge in [-0.3, -0.25) is 19.2 Å². The monoisotopic (exact) mass is 472 g/mol. The number of ether oxygens (including phenoxy) is 1. The molecule has 0 saturated carbocycles. The first-order chi connectivity index (χ1) is 15.8. The summed E-state index contributed by atoms with van der Waals surface area (Å²) in [4.78, 5) is 42.2. The normalized spacial score (nSPS) is 18.6. The van der Waals surface area contributed by atoms with Gasteiger partial charge in [0.2, 0.25) is 5.91 Å². The van der Waals surface area contributed by atoms with E-state index in [9.17, 15) is 14.4 Å². The lowest BCUT2D eigenvalue weighted by atomic mass is 9.93. The summed E-state index contributed by atoms with van der Waals surface area (Å²) >= 11 is 1.56. The Kier molecular flexibility index (Phi) is 7.84. The lowest BCUT2D eigenvalue weighted by Gasteiger charge is -2.43. The molecular weight excluding hydrogens is 440 g/mol. The van der Waals surface area contributed by atoms with Crippen LogP contribution < -0.4 is 10.2 Å². The Balaban J connectivity index is 2.09. The molecule has 33 heavy (non-hydrogen) atoms. The highest BCUT2D eigenvalue weighted by Gasteiger charge is 2.49. The van der Waals surface area contributed by atoms with Crippen LogP contribution >= 0.6 is 11.8 Å². The molecule has 2 aromatic rings. The van der Waals surface area contributed by atoms with Crippen molar-refractivity contribution in [3.8, 4) is 0 Å². The fourth-order valence-electron chi connectivity index (χ4n) is 4.11. The highest BCUT2D eigenvalue weighted by Crippen LogP contribution is 2.34. The number of amides is 2. The third-order valence-electron chi connectivity index (χ3n) is 5.90. The van der Waals surface area contributed by atoms with E-state index in [-0.39, 0.29) is 42.4 Å². The number of carbonyl (C=O) groups is 3. The van der Waals surface area contributed by atoms with Gasteiger partial charge >= 0.3 is 5.97 Å². The number of anilines is 1. The first kappa shape index (κ1) is 24.8. The summed E-state index contributed by atoms with van der Waals surface area (Å²) < 4.78 is 6.50. The van der Waals surface area contributed by atoms with Gasteiger partial charge in [-0.05, 0) is 51.1 Å². The number of rotatable bonds is 9. The number of benzene rings is 1. The quantitative estimate of drug-likeness (QED) is 0.440. The van der Waals surface area contributed by atoms with Gasteiger partial charge in [0.1, 0.15) is 11.2 Å². The SMILES string of the molecule is CCCC(CC)NC(=O)C1(C)Cn2nc(C(=O)OCC)cc2C(=O)N1c1cccc(SC)c1. The second-order valence-electron chi connectivity index (χ2n) is 8.28. The van der Waals surface area contributed by atoms with Crippen LogP contribution in [0.1, 0.15) is 67.9 Å². The van der Waals surface area contributed by atoms with E-state index in [2.05, 4.69) is 17.3 Å². The fourth-order valence-corrected chi connectivity index (χ4v) is 4.56. The third-order valence-corrected chi connectivity index (χ3v) is 6.63. The molecule has 0 radical (unpaired) electrons. The highest BCUT2D eigenvalue weighted by molar-refractivity contribution is 7.98. The molecule has 2 heterocycles. The van der Waals surface area contributed by atoms with Crippen molar-refractivity contribution in [2.75, 3.05) is 17.8 Å². The van der Waals surface area contributed by atoms with Crippen LogP contribution in [-0.4, -0.2) is 52.0 Å². The predicted molar refractivity (Wildman–Crippen MR) is 129 cm³/mol. The van der Waals surface area contributed by atoms with E-state index in [1.807, 2.05) is 37.4 Å². The zero-order valence-corrected chi connectivity index (χ0v) is 20.7. The summed E-state index contributed by atoms with van der Waals surface area (Å²) in [5, 5.41) is 7.44. The minimum atomic E-state index is -1.24. The van der Waals surface area contributed by atoms with Crippen LogP contribution in [0.25, 0.3) is 0 Å². The Labute approximate surface area is 199 Å². The molecule has 0 saturated heterocycles. The lowest BCUT2D eigenvalue weighted by Crippen LogP contribution is -2.65. The van der Waals surface area contributed by atoms with Gasteiger partial charge < -0.3 is 10.1 Å². The van der Waals surface area contributed by atoms with E-state index in [0.29, 0.717) is 5.69 Å². The number of esters is 1. The molecule has 2 amide bonds. The van der Waals surface area contributed by atoms with Crippen molar-refractivity contribution in [2.45, 2.75) is 70.0 Å². The van der Waals surface area contributed by atoms with Gasteiger partial charge in [-0.2, -0.15) is 5.10 Å². The van der Waals surface area contributed by atoms with Crippen molar-refractivity contribution >= 4 is 35.2 Å². The van der Waals surface area contributed by atoms with Crippen molar-refractivity contribution < 1.29 is 19.1 Å². The molecule has 178 valence electrons. The number of nitrogens with zero attached hydrogens (tertiary/aromatic N) is 3. The molecule has 2 atom stereocenters. The Morgan fingerprint density at radius 1 is 1.27 bits per heavy atom. The molecule has 0 aliphatic carbocycles. The number of nitrogens with one attached hydrogen (secondary N) is 1. The molecular formula is C24H32N4O4S. The van der Waals surface area contributed by atoms with Gasteiger partial charge in [0.05, 0.1) is 13.2 Å². The standard InChI is InChI=1S/C24H32N4O4S/c1-6-10-16(7-2)25-23(31)24(4)15-27-20(14-19(26-27)22(30)32-8-3)21(29)28(24)17-11-9-12-18(13-17)33-5/h9,11-14,16H,6-8,10,15H2,1-5H3,(H,25,31). The molecule has 1 N–H and O–H groups in total. The predicted octanol–water partition coefficient (Wildman–Crippen LogP) is 3.90. The fraction of sp³-hybridized carbons (Fsp3) is 0.500. The Morgan fingerprint density at radius 3 is 2.67 bits per heavy atom. The molecule has 0 spiro atoms. The van der Waals surface area contributed by atoms with Crippen LogP contribution in [0.3, 0.4) is 0 Å². The molecule has 1 aromatic carbocycles. The zero-order chi connectivity index (χ0) is 24.2. The molecule has 2 unspecified atom stereocenters. The largest absolute Gasteiger partial charge is 0.461 e. The number of fused-ring (bicyclic) bond motifs is 1. The van der Waals surface area contributed by atoms with Crippen LogP contribution in [0.15, 0.2) is 35.2 Å². The minimum absolute atomic E-state index is 0.0166. The van der Waals surface area contributed by atoms with E-state index < -0.39 is 11.5 Å². The summed E-state index contributed by atoms with van der Waals surface area (Å²) in [6.45, 7) is 7.89. The van der Waals surface area contributed by atoms with Gasteiger partial charge in [0.15, 0.2) is 5.69 Å². The minimum Gasteiger partial charge on any atom is -0.461 e. The summed E-state index contributed by atoms with van der Waals surface area (Å²) in [5.74, 6) is -1.23. The van der Waals surface area contributed by atoms with Crippen LogP contribution in [0.5, 0.6) is 0 Å².